The third kappa shape index (κ3) is 4.34. The van der Waals surface area contributed by atoms with Gasteiger partial charge in [-0.15, -0.1) is 11.3 Å². The zero-order valence-corrected chi connectivity index (χ0v) is 18.8. The third-order valence-corrected chi connectivity index (χ3v) is 8.04. The average Bonchev–Trinajstić information content (AvgIpc) is 3.35. The lowest BCUT2D eigenvalue weighted by atomic mass is 10.1. The molecule has 0 radical (unpaired) electrons. The maximum atomic E-state index is 13.4. The Kier molecular flexibility index (Phi) is 5.83. The molecule has 1 aliphatic rings. The second kappa shape index (κ2) is 8.28. The summed E-state index contributed by atoms with van der Waals surface area (Å²) in [6.07, 6.45) is 1.64. The summed E-state index contributed by atoms with van der Waals surface area (Å²) >= 11 is 7.14. The van der Waals surface area contributed by atoms with E-state index in [1.165, 1.54) is 36.8 Å². The van der Waals surface area contributed by atoms with E-state index in [2.05, 4.69) is 20.1 Å². The van der Waals surface area contributed by atoms with Crippen molar-refractivity contribution in [1.82, 2.24) is 23.8 Å². The number of carbonyl (C=O) groups excluding carboxylic acids is 1. The van der Waals surface area contributed by atoms with Gasteiger partial charge in [0.05, 0.1) is 15.9 Å². The number of carbonyl (C=O) groups is 1. The van der Waals surface area contributed by atoms with Gasteiger partial charge in [0.1, 0.15) is 18.2 Å². The highest BCUT2D eigenvalue weighted by Gasteiger charge is 2.41. The number of aromatic nitrogens is 3. The molecule has 13 heteroatoms. The van der Waals surface area contributed by atoms with E-state index in [0.717, 1.165) is 20.1 Å². The quantitative estimate of drug-likeness (QED) is 0.591. The molecule has 4 rings (SSSR count). The van der Waals surface area contributed by atoms with Crippen LogP contribution in [0, 0.1) is 5.82 Å². The smallest absolute Gasteiger partial charge is 0.280 e. The molecule has 1 aromatic carbocycles. The third-order valence-electron chi connectivity index (χ3n) is 4.96. The Morgan fingerprint density at radius 3 is 2.77 bits per heavy atom. The van der Waals surface area contributed by atoms with Crippen LogP contribution in [0.2, 0.25) is 5.02 Å². The molecule has 0 bridgehead atoms. The van der Waals surface area contributed by atoms with Crippen LogP contribution in [0.1, 0.15) is 17.3 Å². The lowest BCUT2D eigenvalue weighted by molar-refractivity contribution is -0.120. The van der Waals surface area contributed by atoms with Crippen molar-refractivity contribution in [3.05, 3.63) is 52.4 Å². The largest absolute Gasteiger partial charge is 0.325 e. The molecule has 31 heavy (non-hydrogen) atoms. The molecule has 1 aliphatic heterocycles. The van der Waals surface area contributed by atoms with E-state index in [1.807, 2.05) is 12.1 Å². The Balaban J connectivity index is 1.58. The van der Waals surface area contributed by atoms with E-state index < -0.39 is 34.0 Å². The first-order valence-electron chi connectivity index (χ1n) is 9.11. The maximum absolute atomic E-state index is 13.4. The van der Waals surface area contributed by atoms with Crippen LogP contribution in [0.3, 0.4) is 0 Å². The van der Waals surface area contributed by atoms with Gasteiger partial charge in [-0.1, -0.05) is 11.6 Å². The molecule has 2 aromatic heterocycles. The summed E-state index contributed by atoms with van der Waals surface area (Å²) in [6, 6.07) is 5.84. The van der Waals surface area contributed by atoms with Crippen LogP contribution in [0.25, 0.3) is 10.7 Å². The number of rotatable bonds is 4. The van der Waals surface area contributed by atoms with Crippen molar-refractivity contribution in [2.45, 2.75) is 18.5 Å². The Morgan fingerprint density at radius 2 is 2.10 bits per heavy atom. The zero-order valence-electron chi connectivity index (χ0n) is 16.4. The Labute approximate surface area is 187 Å². The van der Waals surface area contributed by atoms with Crippen molar-refractivity contribution in [2.24, 2.45) is 7.05 Å². The van der Waals surface area contributed by atoms with Crippen molar-refractivity contribution in [3.8, 4) is 10.7 Å². The van der Waals surface area contributed by atoms with Gasteiger partial charge < -0.3 is 5.32 Å². The molecule has 2 N–H and O–H groups in total. The number of anilines is 1. The molecule has 1 saturated heterocycles. The first-order valence-corrected chi connectivity index (χ1v) is 11.7. The molecule has 2 atom stereocenters. The monoisotopic (exact) mass is 484 g/mol. The summed E-state index contributed by atoms with van der Waals surface area (Å²) in [5.74, 6) is -0.488. The fourth-order valence-electron chi connectivity index (χ4n) is 3.28. The standard InChI is InChI=1S/C18H18ClFN6O3S2/c1-25-17(21-9-22-25)16-6-5-15(30-16)13-8-14(26(2)31(28,29)24-13)18(27)23-10-3-4-12(20)11(19)7-10/h3-7,9,13-14,24H,8H2,1-2H3,(H,23,27)/t13-,14+/m1/s1. The minimum absolute atomic E-state index is 0.142. The highest BCUT2D eigenvalue weighted by molar-refractivity contribution is 7.87. The number of nitrogens with zero attached hydrogens (tertiary/aromatic N) is 4. The molecule has 0 spiro atoms. The first kappa shape index (κ1) is 21.8. The number of likely N-dealkylation sites (N-methyl/N-ethyl adjacent to an activating group) is 1. The van der Waals surface area contributed by atoms with Gasteiger partial charge in [0, 0.05) is 24.7 Å². The van der Waals surface area contributed by atoms with Gasteiger partial charge in [-0.25, -0.2) is 14.1 Å². The summed E-state index contributed by atoms with van der Waals surface area (Å²) < 4.78 is 43.9. The predicted molar refractivity (Wildman–Crippen MR) is 115 cm³/mol. The zero-order chi connectivity index (χ0) is 22.3. The highest BCUT2D eigenvalue weighted by Crippen LogP contribution is 2.35. The van der Waals surface area contributed by atoms with Gasteiger partial charge in [0.2, 0.25) is 5.91 Å². The molecule has 1 amide bonds. The second-order valence-electron chi connectivity index (χ2n) is 6.97. The normalized spacial score (nSPS) is 21.2. The van der Waals surface area contributed by atoms with Gasteiger partial charge in [-0.3, -0.25) is 4.79 Å². The number of amides is 1. The molecule has 3 heterocycles. The van der Waals surface area contributed by atoms with Crippen LogP contribution < -0.4 is 10.0 Å². The number of nitrogens with one attached hydrogen (secondary N) is 2. The van der Waals surface area contributed by atoms with E-state index in [4.69, 9.17) is 11.6 Å². The van der Waals surface area contributed by atoms with Gasteiger partial charge in [-0.2, -0.15) is 22.5 Å². The highest BCUT2D eigenvalue weighted by atomic mass is 35.5. The summed E-state index contributed by atoms with van der Waals surface area (Å²) in [5, 5.41) is 6.51. The number of hydrogen-bond acceptors (Lipinski definition) is 6. The van der Waals surface area contributed by atoms with Crippen molar-refractivity contribution >= 4 is 44.7 Å². The second-order valence-corrected chi connectivity index (χ2v) is 10.3. The SMILES string of the molecule is CN1[C@H](C(=O)Nc2ccc(F)c(Cl)c2)C[C@H](c2ccc(-c3ncnn3C)s2)NS1(=O)=O. The Hall–Kier alpha value is -2.38. The minimum atomic E-state index is -3.90. The first-order chi connectivity index (χ1) is 14.7. The minimum Gasteiger partial charge on any atom is -0.325 e. The fraction of sp³-hybridized carbons (Fsp3) is 0.278. The summed E-state index contributed by atoms with van der Waals surface area (Å²) in [4.78, 5) is 18.7. The van der Waals surface area contributed by atoms with Crippen molar-refractivity contribution in [2.75, 3.05) is 12.4 Å². The van der Waals surface area contributed by atoms with Crippen LogP contribution in [0.4, 0.5) is 10.1 Å². The van der Waals surface area contributed by atoms with Crippen LogP contribution in [-0.4, -0.2) is 46.5 Å². The molecule has 0 aliphatic carbocycles. The van der Waals surface area contributed by atoms with Crippen LogP contribution >= 0.6 is 22.9 Å². The Morgan fingerprint density at radius 1 is 1.32 bits per heavy atom. The number of thiophene rings is 1. The van der Waals surface area contributed by atoms with E-state index in [-0.39, 0.29) is 17.1 Å². The van der Waals surface area contributed by atoms with Gasteiger partial charge in [0.25, 0.3) is 10.2 Å². The molecule has 0 unspecified atom stereocenters. The van der Waals surface area contributed by atoms with Gasteiger partial charge in [-0.05, 0) is 36.8 Å². The van der Waals surface area contributed by atoms with Crippen LogP contribution in [0.15, 0.2) is 36.7 Å². The topological polar surface area (TPSA) is 109 Å². The number of benzene rings is 1. The van der Waals surface area contributed by atoms with E-state index in [1.54, 1.807) is 11.7 Å². The Bertz CT molecular complexity index is 1240. The molecule has 0 saturated carbocycles. The predicted octanol–water partition coefficient (Wildman–Crippen LogP) is 2.55. The molecule has 3 aromatic rings. The van der Waals surface area contributed by atoms with Crippen molar-refractivity contribution in [3.63, 3.8) is 0 Å². The number of aryl methyl sites for hydroxylation is 1. The number of hydrogen-bond donors (Lipinski definition) is 2. The average molecular weight is 485 g/mol. The van der Waals surface area contributed by atoms with Gasteiger partial charge in [0.15, 0.2) is 5.82 Å². The molecule has 1 fully saturated rings. The number of halogens is 2. The van der Waals surface area contributed by atoms with Crippen molar-refractivity contribution < 1.29 is 17.6 Å². The summed E-state index contributed by atoms with van der Waals surface area (Å²) in [7, 11) is -0.804. The molecule has 164 valence electrons. The van der Waals surface area contributed by atoms with Gasteiger partial charge >= 0.3 is 0 Å². The lowest BCUT2D eigenvalue weighted by Crippen LogP contribution is -2.55. The maximum Gasteiger partial charge on any atom is 0.280 e. The molecule has 9 nitrogen and oxygen atoms in total. The molecular formula is C18H18ClFN6O3S2. The lowest BCUT2D eigenvalue weighted by Gasteiger charge is -2.35. The molecular weight excluding hydrogens is 467 g/mol. The van der Waals surface area contributed by atoms with Crippen LogP contribution in [0.5, 0.6) is 0 Å². The van der Waals surface area contributed by atoms with E-state index in [9.17, 15) is 17.6 Å². The summed E-state index contributed by atoms with van der Waals surface area (Å²) in [5.41, 5.74) is 0.276. The van der Waals surface area contributed by atoms with E-state index in [0.29, 0.717) is 5.82 Å². The fourth-order valence-corrected chi connectivity index (χ4v) is 5.90. The van der Waals surface area contributed by atoms with Crippen LogP contribution in [-0.2, 0) is 22.1 Å². The summed E-state index contributed by atoms with van der Waals surface area (Å²) in [6.45, 7) is 0. The van der Waals surface area contributed by atoms with E-state index >= 15 is 0 Å². The van der Waals surface area contributed by atoms with Crippen molar-refractivity contribution in [1.29, 1.82) is 0 Å².